The lowest BCUT2D eigenvalue weighted by molar-refractivity contribution is -0.116. The molecule has 3 rings (SSSR count). The molecule has 1 aliphatic rings. The molecule has 2 aromatic rings. The molecule has 166 valence electrons. The first kappa shape index (κ1) is 22.8. The van der Waals surface area contributed by atoms with E-state index in [2.05, 4.69) is 5.32 Å². The van der Waals surface area contributed by atoms with Gasteiger partial charge in [0.25, 0.3) is 5.91 Å². The lowest BCUT2D eigenvalue weighted by Gasteiger charge is -2.22. The number of carbonyl (C=O) groups is 2. The van der Waals surface area contributed by atoms with Gasteiger partial charge in [0.1, 0.15) is 0 Å². The summed E-state index contributed by atoms with van der Waals surface area (Å²) in [4.78, 5) is 27.1. The zero-order valence-corrected chi connectivity index (χ0v) is 18.8. The molecule has 1 N–H and O–H groups in total. The van der Waals surface area contributed by atoms with Crippen LogP contribution in [0.2, 0.25) is 0 Å². The predicted molar refractivity (Wildman–Crippen MR) is 123 cm³/mol. The first-order valence-corrected chi connectivity index (χ1v) is 12.3. The van der Waals surface area contributed by atoms with Gasteiger partial charge in [-0.05, 0) is 56.0 Å². The summed E-state index contributed by atoms with van der Waals surface area (Å²) < 4.78 is 25.8. The molecule has 1 aliphatic heterocycles. The van der Waals surface area contributed by atoms with Gasteiger partial charge >= 0.3 is 0 Å². The highest BCUT2D eigenvalue weighted by atomic mass is 32.2. The summed E-state index contributed by atoms with van der Waals surface area (Å²) in [6.07, 6.45) is 3.66. The Hall–Kier alpha value is -2.87. The van der Waals surface area contributed by atoms with Crippen LogP contribution in [-0.2, 0) is 14.8 Å². The number of carbonyl (C=O) groups excluding carboxylic acids is 2. The van der Waals surface area contributed by atoms with Crippen molar-refractivity contribution in [1.29, 1.82) is 0 Å². The minimum absolute atomic E-state index is 0.0731. The van der Waals surface area contributed by atoms with Crippen LogP contribution < -0.4 is 9.62 Å². The standard InChI is InChI=1S/C23H29N3O4S/c1-18-9-7-10-19(17-18)26(31(2,29)30)16-8-13-22(27)24-21-12-4-3-11-20(21)23(28)25-14-5-6-15-25/h3-4,7,9-12,17H,5-6,8,13-16H2,1-2H3,(H,24,27). The van der Waals surface area contributed by atoms with Crippen LogP contribution in [0.1, 0.15) is 41.6 Å². The van der Waals surface area contributed by atoms with E-state index in [1.165, 1.54) is 4.31 Å². The second-order valence-electron chi connectivity index (χ2n) is 7.87. The predicted octanol–water partition coefficient (Wildman–Crippen LogP) is 3.42. The highest BCUT2D eigenvalue weighted by molar-refractivity contribution is 7.92. The molecule has 0 aromatic heterocycles. The van der Waals surface area contributed by atoms with Crippen LogP contribution in [-0.4, -0.2) is 51.0 Å². The number of hydrogen-bond donors (Lipinski definition) is 1. The number of benzene rings is 2. The number of anilines is 2. The first-order valence-electron chi connectivity index (χ1n) is 10.5. The zero-order chi connectivity index (χ0) is 22.4. The van der Waals surface area contributed by atoms with Gasteiger partial charge in [-0.15, -0.1) is 0 Å². The van der Waals surface area contributed by atoms with Gasteiger partial charge in [-0.3, -0.25) is 13.9 Å². The Balaban J connectivity index is 1.62. The van der Waals surface area contributed by atoms with E-state index in [-0.39, 0.29) is 24.8 Å². The molecular weight excluding hydrogens is 414 g/mol. The van der Waals surface area contributed by atoms with Gasteiger partial charge in [-0.25, -0.2) is 8.42 Å². The molecule has 1 fully saturated rings. The molecule has 2 amide bonds. The fourth-order valence-corrected chi connectivity index (χ4v) is 4.69. The first-order chi connectivity index (χ1) is 14.8. The monoisotopic (exact) mass is 443 g/mol. The van der Waals surface area contributed by atoms with E-state index in [0.717, 1.165) is 37.8 Å². The average Bonchev–Trinajstić information content (AvgIpc) is 3.25. The van der Waals surface area contributed by atoms with Crippen LogP contribution in [0.5, 0.6) is 0 Å². The summed E-state index contributed by atoms with van der Waals surface area (Å²) in [5.41, 5.74) is 2.52. The smallest absolute Gasteiger partial charge is 0.255 e. The topological polar surface area (TPSA) is 86.8 Å². The Morgan fingerprint density at radius 2 is 1.77 bits per heavy atom. The number of aryl methyl sites for hydroxylation is 1. The highest BCUT2D eigenvalue weighted by Crippen LogP contribution is 2.22. The fraction of sp³-hybridized carbons (Fsp3) is 0.391. The van der Waals surface area contributed by atoms with Gasteiger partial charge < -0.3 is 10.2 Å². The molecule has 8 heteroatoms. The summed E-state index contributed by atoms with van der Waals surface area (Å²) in [6.45, 7) is 3.57. The van der Waals surface area contributed by atoms with E-state index in [9.17, 15) is 18.0 Å². The summed E-state index contributed by atoms with van der Waals surface area (Å²) in [5.74, 6) is -0.324. The SMILES string of the molecule is Cc1cccc(N(CCCC(=O)Nc2ccccc2C(=O)N2CCCC2)S(C)(=O)=O)c1. The minimum Gasteiger partial charge on any atom is -0.339 e. The minimum atomic E-state index is -3.47. The molecule has 0 spiro atoms. The lowest BCUT2D eigenvalue weighted by Crippen LogP contribution is -2.31. The molecule has 1 saturated heterocycles. The van der Waals surface area contributed by atoms with Crippen LogP contribution >= 0.6 is 0 Å². The van der Waals surface area contributed by atoms with Crippen LogP contribution in [0.3, 0.4) is 0 Å². The molecule has 0 unspecified atom stereocenters. The molecule has 0 bridgehead atoms. The van der Waals surface area contributed by atoms with E-state index in [1.807, 2.05) is 19.1 Å². The number of nitrogens with zero attached hydrogens (tertiary/aromatic N) is 2. The van der Waals surface area contributed by atoms with Crippen LogP contribution in [0.15, 0.2) is 48.5 Å². The maximum Gasteiger partial charge on any atom is 0.255 e. The summed E-state index contributed by atoms with van der Waals surface area (Å²) in [5, 5.41) is 2.82. The van der Waals surface area contributed by atoms with Crippen molar-refractivity contribution in [3.05, 3.63) is 59.7 Å². The number of amides is 2. The third kappa shape index (κ3) is 6.07. The van der Waals surface area contributed by atoms with E-state index in [4.69, 9.17) is 0 Å². The fourth-order valence-electron chi connectivity index (χ4n) is 3.73. The van der Waals surface area contributed by atoms with Crippen molar-refractivity contribution >= 4 is 33.2 Å². The Morgan fingerprint density at radius 1 is 1.06 bits per heavy atom. The van der Waals surface area contributed by atoms with Gasteiger partial charge in [0.05, 0.1) is 23.2 Å². The van der Waals surface area contributed by atoms with Crippen molar-refractivity contribution in [3.63, 3.8) is 0 Å². The quantitative estimate of drug-likeness (QED) is 0.677. The Labute approximate surface area is 184 Å². The van der Waals surface area contributed by atoms with Gasteiger partial charge in [-0.1, -0.05) is 24.3 Å². The third-order valence-corrected chi connectivity index (χ3v) is 6.47. The number of nitrogens with one attached hydrogen (secondary N) is 1. The van der Waals surface area contributed by atoms with Crippen molar-refractivity contribution in [1.82, 2.24) is 4.90 Å². The van der Waals surface area contributed by atoms with Crippen molar-refractivity contribution < 1.29 is 18.0 Å². The molecule has 1 heterocycles. The second-order valence-corrected chi connectivity index (χ2v) is 9.78. The van der Waals surface area contributed by atoms with E-state index < -0.39 is 10.0 Å². The van der Waals surface area contributed by atoms with Crippen LogP contribution in [0.4, 0.5) is 11.4 Å². The summed E-state index contributed by atoms with van der Waals surface area (Å²) in [7, 11) is -3.47. The van der Waals surface area contributed by atoms with E-state index >= 15 is 0 Å². The third-order valence-electron chi connectivity index (χ3n) is 5.28. The lowest BCUT2D eigenvalue weighted by atomic mass is 10.1. The van der Waals surface area contributed by atoms with Crippen molar-refractivity contribution in [3.8, 4) is 0 Å². The Bertz CT molecular complexity index is 1050. The molecule has 31 heavy (non-hydrogen) atoms. The van der Waals surface area contributed by atoms with Gasteiger partial charge in [0.15, 0.2) is 0 Å². The van der Waals surface area contributed by atoms with Crippen LogP contribution in [0, 0.1) is 6.92 Å². The molecule has 0 radical (unpaired) electrons. The van der Waals surface area contributed by atoms with Gasteiger partial charge in [0.2, 0.25) is 15.9 Å². The zero-order valence-electron chi connectivity index (χ0n) is 18.0. The molecule has 2 aromatic carbocycles. The van der Waals surface area contributed by atoms with Crippen molar-refractivity contribution in [2.75, 3.05) is 35.5 Å². The number of sulfonamides is 1. The number of rotatable bonds is 8. The number of hydrogen-bond acceptors (Lipinski definition) is 4. The number of likely N-dealkylation sites (tertiary alicyclic amines) is 1. The van der Waals surface area contributed by atoms with Crippen LogP contribution in [0.25, 0.3) is 0 Å². The summed E-state index contributed by atoms with van der Waals surface area (Å²) in [6, 6.07) is 14.3. The number of para-hydroxylation sites is 1. The maximum atomic E-state index is 12.7. The largest absolute Gasteiger partial charge is 0.339 e. The molecular formula is C23H29N3O4S. The van der Waals surface area contributed by atoms with E-state index in [1.54, 1.807) is 41.3 Å². The Morgan fingerprint density at radius 3 is 2.45 bits per heavy atom. The normalized spacial score (nSPS) is 13.8. The molecule has 0 atom stereocenters. The molecule has 0 saturated carbocycles. The van der Waals surface area contributed by atoms with Gasteiger partial charge in [0, 0.05) is 26.1 Å². The average molecular weight is 444 g/mol. The molecule has 7 nitrogen and oxygen atoms in total. The summed E-state index contributed by atoms with van der Waals surface area (Å²) >= 11 is 0. The second kappa shape index (κ2) is 9.96. The highest BCUT2D eigenvalue weighted by Gasteiger charge is 2.22. The van der Waals surface area contributed by atoms with Crippen molar-refractivity contribution in [2.45, 2.75) is 32.6 Å². The van der Waals surface area contributed by atoms with E-state index in [0.29, 0.717) is 23.4 Å². The molecule has 0 aliphatic carbocycles. The Kier molecular flexibility index (Phi) is 7.33. The maximum absolute atomic E-state index is 12.7. The van der Waals surface area contributed by atoms with Gasteiger partial charge in [-0.2, -0.15) is 0 Å². The van der Waals surface area contributed by atoms with Crippen molar-refractivity contribution in [2.24, 2.45) is 0 Å².